The van der Waals surface area contributed by atoms with Crippen molar-refractivity contribution in [2.45, 2.75) is 405 Å². The summed E-state index contributed by atoms with van der Waals surface area (Å²) in [6.45, 7) is 4.91. The third-order valence-corrected chi connectivity index (χ3v) is 16.8. The van der Waals surface area contributed by atoms with Crippen molar-refractivity contribution in [2.24, 2.45) is 0 Å². The Morgan fingerprint density at radius 2 is 0.617 bits per heavy atom. The van der Waals surface area contributed by atoms with Crippen LogP contribution < -0.4 is 5.32 Å². The van der Waals surface area contributed by atoms with Crippen LogP contribution in [0.3, 0.4) is 0 Å². The van der Waals surface area contributed by atoms with E-state index in [0.29, 0.717) is 19.4 Å². The summed E-state index contributed by atoms with van der Waals surface area (Å²) < 4.78 is 5.49. The molecular formula is C75H141NO5. The molecule has 0 fully saturated rings. The van der Waals surface area contributed by atoms with Gasteiger partial charge in [0.2, 0.25) is 5.91 Å². The topological polar surface area (TPSA) is 95.9 Å². The second kappa shape index (κ2) is 70.3. The maximum absolute atomic E-state index is 12.5. The predicted octanol–water partition coefficient (Wildman–Crippen LogP) is 23.6. The molecule has 0 spiro atoms. The molecule has 0 saturated carbocycles. The first-order valence-electron chi connectivity index (χ1n) is 36.4. The highest BCUT2D eigenvalue weighted by Crippen LogP contribution is 2.18. The van der Waals surface area contributed by atoms with Crippen LogP contribution in [0.2, 0.25) is 0 Å². The van der Waals surface area contributed by atoms with E-state index in [0.717, 1.165) is 51.4 Å². The molecular weight excluding hydrogens is 995 g/mol. The molecule has 1 amide bonds. The van der Waals surface area contributed by atoms with Crippen LogP contribution in [-0.2, 0) is 14.3 Å². The molecule has 2 unspecified atom stereocenters. The fourth-order valence-electron chi connectivity index (χ4n) is 11.3. The van der Waals surface area contributed by atoms with E-state index in [4.69, 9.17) is 4.74 Å². The summed E-state index contributed by atoms with van der Waals surface area (Å²) >= 11 is 0. The van der Waals surface area contributed by atoms with E-state index in [1.807, 2.05) is 6.08 Å². The Hall–Kier alpha value is -2.18. The molecule has 0 aromatic heterocycles. The molecule has 0 aliphatic carbocycles. The van der Waals surface area contributed by atoms with Crippen molar-refractivity contribution < 1.29 is 24.5 Å². The molecule has 0 aliphatic rings. The van der Waals surface area contributed by atoms with Crippen LogP contribution in [0.1, 0.15) is 393 Å². The van der Waals surface area contributed by atoms with Crippen LogP contribution in [0.4, 0.5) is 0 Å². The number of esters is 1. The number of nitrogens with one attached hydrogen (secondary N) is 1. The molecule has 0 aromatic carbocycles. The Morgan fingerprint density at radius 1 is 0.346 bits per heavy atom. The number of hydrogen-bond acceptors (Lipinski definition) is 5. The highest BCUT2D eigenvalue weighted by Gasteiger charge is 2.18. The summed E-state index contributed by atoms with van der Waals surface area (Å²) in [6.07, 6.45) is 92.0. The summed E-state index contributed by atoms with van der Waals surface area (Å²) in [5.74, 6) is -0.0586. The SMILES string of the molecule is CCCCCC/C=C\C/C=C\CCCCCCCC(=O)OCCCCCCCCCCCCCC/C=C\CCCCCCCCCCCCCCCCCCC(=O)NC(CO)C(O)/C=C/CCCCCCCCCCCCCCCC. The van der Waals surface area contributed by atoms with Crippen LogP contribution in [-0.4, -0.2) is 47.4 Å². The minimum atomic E-state index is -0.843. The fraction of sp³-hybridized carbons (Fsp3) is 0.867. The summed E-state index contributed by atoms with van der Waals surface area (Å²) in [5, 5.41) is 23.2. The highest BCUT2D eigenvalue weighted by molar-refractivity contribution is 5.76. The molecule has 3 N–H and O–H groups in total. The molecule has 0 aromatic rings. The Kier molecular flexibility index (Phi) is 68.4. The van der Waals surface area contributed by atoms with Crippen LogP contribution in [0, 0.1) is 0 Å². The second-order valence-electron chi connectivity index (χ2n) is 24.9. The molecule has 476 valence electrons. The predicted molar refractivity (Wildman–Crippen MR) is 356 cm³/mol. The van der Waals surface area contributed by atoms with Gasteiger partial charge in [0.15, 0.2) is 0 Å². The highest BCUT2D eigenvalue weighted by atomic mass is 16.5. The number of hydrogen-bond donors (Lipinski definition) is 3. The molecule has 81 heavy (non-hydrogen) atoms. The standard InChI is InChI=1S/C75H141NO5/c1-3-5-7-9-11-13-15-17-19-39-43-47-51-55-59-63-67-73(78)72(71-77)76-74(79)68-64-60-56-52-48-44-40-37-35-33-31-29-27-25-23-21-22-24-26-28-30-32-34-36-38-42-46-50-54-58-62-66-70-81-75(80)69-65-61-57-53-49-45-41-20-18-16-14-12-10-8-6-4-2/h14,16,20,24,26,41,63,67,72-73,77-78H,3-13,15,17-19,21-23,25,27-40,42-62,64-66,68-71H2,1-2H3,(H,76,79)/b16-14-,26-24-,41-20-,67-63+. The molecule has 2 atom stereocenters. The minimum Gasteiger partial charge on any atom is -0.466 e. The van der Waals surface area contributed by atoms with Crippen LogP contribution >= 0.6 is 0 Å². The van der Waals surface area contributed by atoms with E-state index < -0.39 is 12.1 Å². The van der Waals surface area contributed by atoms with Crippen LogP contribution in [0.5, 0.6) is 0 Å². The van der Waals surface area contributed by atoms with Crippen LogP contribution in [0.25, 0.3) is 0 Å². The van der Waals surface area contributed by atoms with E-state index >= 15 is 0 Å². The van der Waals surface area contributed by atoms with Gasteiger partial charge in [-0.05, 0) is 89.9 Å². The Labute approximate surface area is 506 Å². The number of rotatable bonds is 68. The maximum atomic E-state index is 12.5. The number of aliphatic hydroxyl groups is 2. The number of amides is 1. The van der Waals surface area contributed by atoms with Gasteiger partial charge in [0.1, 0.15) is 0 Å². The van der Waals surface area contributed by atoms with Gasteiger partial charge in [0, 0.05) is 12.8 Å². The average Bonchev–Trinajstić information content (AvgIpc) is 3.47. The van der Waals surface area contributed by atoms with Crippen molar-refractivity contribution in [1.29, 1.82) is 0 Å². The van der Waals surface area contributed by atoms with Gasteiger partial charge in [-0.1, -0.05) is 339 Å². The van der Waals surface area contributed by atoms with E-state index in [2.05, 4.69) is 55.6 Å². The van der Waals surface area contributed by atoms with Gasteiger partial charge in [-0.25, -0.2) is 0 Å². The summed E-state index contributed by atoms with van der Waals surface area (Å²) in [6, 6.07) is -0.626. The third-order valence-electron chi connectivity index (χ3n) is 16.8. The summed E-state index contributed by atoms with van der Waals surface area (Å²) in [5.41, 5.74) is 0. The first-order chi connectivity index (χ1) is 40.0. The molecule has 0 bridgehead atoms. The molecule has 6 heteroatoms. The van der Waals surface area contributed by atoms with Gasteiger partial charge in [0.25, 0.3) is 0 Å². The zero-order chi connectivity index (χ0) is 58.5. The van der Waals surface area contributed by atoms with Gasteiger partial charge < -0.3 is 20.3 Å². The average molecular weight is 1140 g/mol. The van der Waals surface area contributed by atoms with Gasteiger partial charge in [-0.2, -0.15) is 0 Å². The molecule has 0 saturated heterocycles. The monoisotopic (exact) mass is 1140 g/mol. The largest absolute Gasteiger partial charge is 0.466 e. The maximum Gasteiger partial charge on any atom is 0.305 e. The van der Waals surface area contributed by atoms with Gasteiger partial charge in [-0.3, -0.25) is 9.59 Å². The first-order valence-corrected chi connectivity index (χ1v) is 36.4. The Bertz CT molecular complexity index is 1360. The first kappa shape index (κ1) is 78.8. The van der Waals surface area contributed by atoms with Crippen molar-refractivity contribution in [1.82, 2.24) is 5.32 Å². The molecule has 0 aliphatic heterocycles. The number of aliphatic hydroxyl groups excluding tert-OH is 2. The lowest BCUT2D eigenvalue weighted by molar-refractivity contribution is -0.143. The van der Waals surface area contributed by atoms with E-state index in [1.54, 1.807) is 6.08 Å². The zero-order valence-corrected chi connectivity index (χ0v) is 54.5. The zero-order valence-electron chi connectivity index (χ0n) is 54.5. The van der Waals surface area contributed by atoms with Crippen molar-refractivity contribution >= 4 is 11.9 Å². The molecule has 6 nitrogen and oxygen atoms in total. The lowest BCUT2D eigenvalue weighted by atomic mass is 10.0. The molecule has 0 rings (SSSR count). The number of unbranched alkanes of at least 4 members (excludes halogenated alkanes) is 51. The Morgan fingerprint density at radius 3 is 0.963 bits per heavy atom. The summed E-state index contributed by atoms with van der Waals surface area (Å²) in [4.78, 5) is 24.6. The number of allylic oxidation sites excluding steroid dienone is 7. The van der Waals surface area contributed by atoms with Crippen LogP contribution in [0.15, 0.2) is 48.6 Å². The lowest BCUT2D eigenvalue weighted by Crippen LogP contribution is -2.45. The lowest BCUT2D eigenvalue weighted by Gasteiger charge is -2.20. The normalized spacial score (nSPS) is 12.8. The number of ether oxygens (including phenoxy) is 1. The van der Waals surface area contributed by atoms with Crippen molar-refractivity contribution in [3.05, 3.63) is 48.6 Å². The third kappa shape index (κ3) is 66.8. The minimum absolute atomic E-state index is 0.00458. The smallest absolute Gasteiger partial charge is 0.305 e. The van der Waals surface area contributed by atoms with Gasteiger partial charge in [-0.15, -0.1) is 0 Å². The van der Waals surface area contributed by atoms with Gasteiger partial charge in [0.05, 0.1) is 25.4 Å². The Balaban J connectivity index is 3.37. The molecule has 0 heterocycles. The fourth-order valence-corrected chi connectivity index (χ4v) is 11.3. The second-order valence-corrected chi connectivity index (χ2v) is 24.9. The van der Waals surface area contributed by atoms with Crippen molar-refractivity contribution in [2.75, 3.05) is 13.2 Å². The van der Waals surface area contributed by atoms with E-state index in [1.165, 1.54) is 315 Å². The van der Waals surface area contributed by atoms with E-state index in [9.17, 15) is 19.8 Å². The number of carbonyl (C=O) groups excluding carboxylic acids is 2. The van der Waals surface area contributed by atoms with Crippen molar-refractivity contribution in [3.63, 3.8) is 0 Å². The number of carbonyl (C=O) groups is 2. The van der Waals surface area contributed by atoms with E-state index in [-0.39, 0.29) is 18.5 Å². The molecule has 0 radical (unpaired) electrons. The van der Waals surface area contributed by atoms with Gasteiger partial charge >= 0.3 is 5.97 Å². The quantitative estimate of drug-likeness (QED) is 0.0320. The summed E-state index contributed by atoms with van der Waals surface area (Å²) in [7, 11) is 0. The van der Waals surface area contributed by atoms with Crippen molar-refractivity contribution in [3.8, 4) is 0 Å².